The summed E-state index contributed by atoms with van der Waals surface area (Å²) < 4.78 is 5.94. The standard InChI is InChI=1S/C20H24N2O2/c21-13-15-8-6-11-18(15)20(23)22-14-16-7-4-5-12-19(16)24-17-9-2-1-3-10-17/h1-5,7,9-10,12,15,18H,6,8,11,13-14,21H2,(H,22,23)/t15-,18-/m1/s1. The molecule has 2 aromatic carbocycles. The van der Waals surface area contributed by atoms with E-state index < -0.39 is 0 Å². The van der Waals surface area contributed by atoms with E-state index in [1.807, 2.05) is 54.6 Å². The van der Waals surface area contributed by atoms with E-state index in [4.69, 9.17) is 10.5 Å². The molecule has 3 N–H and O–H groups in total. The summed E-state index contributed by atoms with van der Waals surface area (Å²) in [6, 6.07) is 17.5. The summed E-state index contributed by atoms with van der Waals surface area (Å²) in [5, 5.41) is 3.06. The molecule has 0 bridgehead atoms. The number of benzene rings is 2. The Bertz CT molecular complexity index is 672. The molecule has 2 aromatic rings. The number of hydrogen-bond donors (Lipinski definition) is 2. The Morgan fingerprint density at radius 2 is 1.83 bits per heavy atom. The van der Waals surface area contributed by atoms with Crippen LogP contribution < -0.4 is 15.8 Å². The summed E-state index contributed by atoms with van der Waals surface area (Å²) in [5.74, 6) is 2.04. The molecule has 126 valence electrons. The number of nitrogens with one attached hydrogen (secondary N) is 1. The van der Waals surface area contributed by atoms with Crippen LogP contribution in [0.15, 0.2) is 54.6 Å². The molecule has 1 fully saturated rings. The molecule has 3 rings (SSSR count). The molecule has 0 aliphatic heterocycles. The Morgan fingerprint density at radius 3 is 2.62 bits per heavy atom. The maximum atomic E-state index is 12.5. The molecule has 1 aliphatic carbocycles. The number of para-hydroxylation sites is 2. The second-order valence-electron chi connectivity index (χ2n) is 6.27. The third-order valence-electron chi connectivity index (χ3n) is 4.70. The van der Waals surface area contributed by atoms with E-state index in [1.165, 1.54) is 0 Å². The molecule has 0 aromatic heterocycles. The van der Waals surface area contributed by atoms with Gasteiger partial charge in [0.1, 0.15) is 11.5 Å². The van der Waals surface area contributed by atoms with Crippen LogP contribution in [0.3, 0.4) is 0 Å². The smallest absolute Gasteiger partial charge is 0.223 e. The van der Waals surface area contributed by atoms with Gasteiger partial charge in [-0.1, -0.05) is 42.8 Å². The van der Waals surface area contributed by atoms with Gasteiger partial charge >= 0.3 is 0 Å². The van der Waals surface area contributed by atoms with Crippen LogP contribution in [-0.2, 0) is 11.3 Å². The molecule has 0 radical (unpaired) electrons. The Labute approximate surface area is 143 Å². The highest BCUT2D eigenvalue weighted by Gasteiger charge is 2.31. The van der Waals surface area contributed by atoms with Crippen molar-refractivity contribution in [2.45, 2.75) is 25.8 Å². The van der Waals surface area contributed by atoms with Crippen LogP contribution in [0.2, 0.25) is 0 Å². The highest BCUT2D eigenvalue weighted by Crippen LogP contribution is 2.31. The van der Waals surface area contributed by atoms with E-state index in [-0.39, 0.29) is 11.8 Å². The van der Waals surface area contributed by atoms with Crippen molar-refractivity contribution >= 4 is 5.91 Å². The van der Waals surface area contributed by atoms with Gasteiger partial charge in [0.15, 0.2) is 0 Å². The van der Waals surface area contributed by atoms with Crippen molar-refractivity contribution in [1.82, 2.24) is 5.32 Å². The fourth-order valence-electron chi connectivity index (χ4n) is 3.34. The van der Waals surface area contributed by atoms with Crippen molar-refractivity contribution in [1.29, 1.82) is 0 Å². The van der Waals surface area contributed by atoms with Crippen LogP contribution in [0.5, 0.6) is 11.5 Å². The number of hydrogen-bond acceptors (Lipinski definition) is 3. The second kappa shape index (κ2) is 7.97. The van der Waals surface area contributed by atoms with E-state index in [9.17, 15) is 4.79 Å². The SMILES string of the molecule is NC[C@H]1CCC[C@H]1C(=O)NCc1ccccc1Oc1ccccc1. The van der Waals surface area contributed by atoms with Crippen LogP contribution in [0.25, 0.3) is 0 Å². The first-order valence-corrected chi connectivity index (χ1v) is 8.56. The van der Waals surface area contributed by atoms with Crippen molar-refractivity contribution in [2.75, 3.05) is 6.54 Å². The molecule has 0 saturated heterocycles. The lowest BCUT2D eigenvalue weighted by molar-refractivity contribution is -0.126. The van der Waals surface area contributed by atoms with Gasteiger partial charge in [-0.3, -0.25) is 4.79 Å². The third kappa shape index (κ3) is 3.95. The summed E-state index contributed by atoms with van der Waals surface area (Å²) in [4.78, 5) is 12.5. The number of nitrogens with two attached hydrogens (primary N) is 1. The third-order valence-corrected chi connectivity index (χ3v) is 4.70. The number of carbonyl (C=O) groups excluding carboxylic acids is 1. The highest BCUT2D eigenvalue weighted by atomic mass is 16.5. The summed E-state index contributed by atoms with van der Waals surface area (Å²) in [6.07, 6.45) is 3.09. The molecule has 4 nitrogen and oxygen atoms in total. The lowest BCUT2D eigenvalue weighted by Gasteiger charge is -2.18. The minimum absolute atomic E-state index is 0.0530. The van der Waals surface area contributed by atoms with Gasteiger partial charge in [-0.05, 0) is 43.5 Å². The number of rotatable bonds is 6. The first kappa shape index (κ1) is 16.5. The molecular formula is C20H24N2O2. The first-order chi connectivity index (χ1) is 11.8. The summed E-state index contributed by atoms with van der Waals surface area (Å²) in [6.45, 7) is 1.06. The predicted octanol–water partition coefficient (Wildman–Crippen LogP) is 3.47. The summed E-state index contributed by atoms with van der Waals surface area (Å²) in [5.41, 5.74) is 6.75. The first-order valence-electron chi connectivity index (χ1n) is 8.56. The Hall–Kier alpha value is -2.33. The minimum Gasteiger partial charge on any atom is -0.457 e. The monoisotopic (exact) mass is 324 g/mol. The van der Waals surface area contributed by atoms with E-state index in [0.29, 0.717) is 19.0 Å². The molecule has 0 unspecified atom stereocenters. The van der Waals surface area contributed by atoms with E-state index in [2.05, 4.69) is 5.32 Å². The summed E-state index contributed by atoms with van der Waals surface area (Å²) in [7, 11) is 0. The van der Waals surface area contributed by atoms with Crippen molar-refractivity contribution in [3.63, 3.8) is 0 Å². The molecular weight excluding hydrogens is 300 g/mol. The molecule has 0 heterocycles. The van der Waals surface area contributed by atoms with Gasteiger partial charge in [-0.2, -0.15) is 0 Å². The van der Waals surface area contributed by atoms with Crippen LogP contribution in [0.1, 0.15) is 24.8 Å². The van der Waals surface area contributed by atoms with Gasteiger partial charge in [0.05, 0.1) is 0 Å². The molecule has 2 atom stereocenters. The van der Waals surface area contributed by atoms with Gasteiger partial charge in [0.25, 0.3) is 0 Å². The van der Waals surface area contributed by atoms with Gasteiger partial charge in [-0.25, -0.2) is 0 Å². The van der Waals surface area contributed by atoms with Gasteiger partial charge in [-0.15, -0.1) is 0 Å². The fraction of sp³-hybridized carbons (Fsp3) is 0.350. The van der Waals surface area contributed by atoms with Gasteiger partial charge < -0.3 is 15.8 Å². The lowest BCUT2D eigenvalue weighted by Crippen LogP contribution is -2.34. The zero-order valence-corrected chi connectivity index (χ0v) is 13.8. The molecule has 1 amide bonds. The van der Waals surface area contributed by atoms with Crippen molar-refractivity contribution < 1.29 is 9.53 Å². The van der Waals surface area contributed by atoms with Gasteiger partial charge in [0, 0.05) is 18.0 Å². The maximum Gasteiger partial charge on any atom is 0.223 e. The average molecular weight is 324 g/mol. The minimum atomic E-state index is 0.0530. The van der Waals surface area contributed by atoms with E-state index >= 15 is 0 Å². The molecule has 4 heteroatoms. The largest absolute Gasteiger partial charge is 0.457 e. The number of carbonyl (C=O) groups is 1. The topological polar surface area (TPSA) is 64.4 Å². The molecule has 24 heavy (non-hydrogen) atoms. The predicted molar refractivity (Wildman–Crippen MR) is 94.7 cm³/mol. The average Bonchev–Trinajstić information content (AvgIpc) is 3.10. The second-order valence-corrected chi connectivity index (χ2v) is 6.27. The maximum absolute atomic E-state index is 12.5. The van der Waals surface area contributed by atoms with Crippen LogP contribution in [-0.4, -0.2) is 12.5 Å². The molecule has 0 spiro atoms. The molecule has 1 aliphatic rings. The number of ether oxygens (including phenoxy) is 1. The quantitative estimate of drug-likeness (QED) is 0.855. The van der Waals surface area contributed by atoms with E-state index in [1.54, 1.807) is 0 Å². The zero-order valence-electron chi connectivity index (χ0n) is 13.8. The number of amides is 1. The van der Waals surface area contributed by atoms with Crippen molar-refractivity contribution in [2.24, 2.45) is 17.6 Å². The highest BCUT2D eigenvalue weighted by molar-refractivity contribution is 5.79. The van der Waals surface area contributed by atoms with Crippen molar-refractivity contribution in [3.8, 4) is 11.5 Å². The van der Waals surface area contributed by atoms with Crippen LogP contribution >= 0.6 is 0 Å². The van der Waals surface area contributed by atoms with Crippen molar-refractivity contribution in [3.05, 3.63) is 60.2 Å². The Kier molecular flexibility index (Phi) is 5.49. The summed E-state index contributed by atoms with van der Waals surface area (Å²) >= 11 is 0. The van der Waals surface area contributed by atoms with Gasteiger partial charge in [0.2, 0.25) is 5.91 Å². The van der Waals surface area contributed by atoms with Crippen LogP contribution in [0, 0.1) is 11.8 Å². The zero-order chi connectivity index (χ0) is 16.8. The fourth-order valence-corrected chi connectivity index (χ4v) is 3.34. The lowest BCUT2D eigenvalue weighted by atomic mass is 9.95. The Morgan fingerprint density at radius 1 is 1.08 bits per heavy atom. The molecule has 1 saturated carbocycles. The normalized spacial score (nSPS) is 19.9. The van der Waals surface area contributed by atoms with Crippen LogP contribution in [0.4, 0.5) is 0 Å². The van der Waals surface area contributed by atoms with E-state index in [0.717, 1.165) is 36.3 Å². The Balaban J connectivity index is 1.64.